The van der Waals surface area contributed by atoms with E-state index in [0.717, 1.165) is 32.1 Å². The van der Waals surface area contributed by atoms with Crippen LogP contribution in [0, 0.1) is 5.92 Å². The number of carbonyl (C=O) groups excluding carboxylic acids is 1. The molecule has 0 N–H and O–H groups in total. The maximum absolute atomic E-state index is 12.4. The second-order valence-corrected chi connectivity index (χ2v) is 7.09. The van der Waals surface area contributed by atoms with Crippen LogP contribution < -0.4 is 0 Å². The van der Waals surface area contributed by atoms with E-state index in [1.165, 1.54) is 77.0 Å². The highest BCUT2D eigenvalue weighted by molar-refractivity contribution is 5.80. The predicted molar refractivity (Wildman–Crippen MR) is 92.7 cm³/mol. The summed E-state index contributed by atoms with van der Waals surface area (Å²) in [5.41, 5.74) is 0. The van der Waals surface area contributed by atoms with Crippen LogP contribution in [0.5, 0.6) is 0 Å². The molecule has 1 nitrogen and oxygen atoms in total. The lowest BCUT2D eigenvalue weighted by molar-refractivity contribution is -0.123. The number of rotatable bonds is 2. The van der Waals surface area contributed by atoms with Gasteiger partial charge >= 0.3 is 0 Å². The number of hydrogen-bond donors (Lipinski definition) is 0. The van der Waals surface area contributed by atoms with E-state index in [0.29, 0.717) is 11.7 Å². The van der Waals surface area contributed by atoms with Crippen molar-refractivity contribution in [2.75, 3.05) is 0 Å². The second kappa shape index (κ2) is 13.3. The molecule has 21 heavy (non-hydrogen) atoms. The third kappa shape index (κ3) is 10.1. The van der Waals surface area contributed by atoms with Gasteiger partial charge in [-0.1, -0.05) is 90.4 Å². The van der Waals surface area contributed by atoms with Gasteiger partial charge in [0.15, 0.2) is 0 Å². The summed E-state index contributed by atoms with van der Waals surface area (Å²) in [5.74, 6) is 0.951. The van der Waals surface area contributed by atoms with Crippen LogP contribution in [0.2, 0.25) is 0 Å². The van der Waals surface area contributed by atoms with Crippen LogP contribution in [0.4, 0.5) is 0 Å². The van der Waals surface area contributed by atoms with Crippen molar-refractivity contribution in [3.63, 3.8) is 0 Å². The Morgan fingerprint density at radius 3 is 1.62 bits per heavy atom. The van der Waals surface area contributed by atoms with Crippen LogP contribution in [0.15, 0.2) is 0 Å². The fraction of sp³-hybridized carbons (Fsp3) is 0.950. The van der Waals surface area contributed by atoms with Crippen LogP contribution in [0.25, 0.3) is 0 Å². The summed E-state index contributed by atoms with van der Waals surface area (Å²) >= 11 is 0. The predicted octanol–water partition coefficient (Wildman–Crippen LogP) is 6.84. The van der Waals surface area contributed by atoms with Gasteiger partial charge in [0.05, 0.1) is 0 Å². The summed E-state index contributed by atoms with van der Waals surface area (Å²) in [6.45, 7) is 2.22. The Hall–Kier alpha value is -0.330. The van der Waals surface area contributed by atoms with E-state index < -0.39 is 0 Å². The Labute approximate surface area is 133 Å². The first-order valence-electron chi connectivity index (χ1n) is 9.87. The standard InChI is InChI=1S/C20H38O/c1-2-16-19-17-14-12-10-8-6-4-3-5-7-9-11-13-15-18-20(19)21/h19H,2-18H2,1H3. The maximum Gasteiger partial charge on any atom is 0.135 e. The molecule has 0 radical (unpaired) electrons. The molecular formula is C20H38O. The van der Waals surface area contributed by atoms with Crippen molar-refractivity contribution in [2.45, 2.75) is 116 Å². The van der Waals surface area contributed by atoms with Crippen LogP contribution in [0.3, 0.4) is 0 Å². The zero-order valence-corrected chi connectivity index (χ0v) is 14.5. The van der Waals surface area contributed by atoms with Crippen molar-refractivity contribution < 1.29 is 4.79 Å². The third-order valence-corrected chi connectivity index (χ3v) is 5.07. The molecule has 1 atom stereocenters. The summed E-state index contributed by atoms with van der Waals surface area (Å²) in [5, 5.41) is 0. The number of carbonyl (C=O) groups is 1. The van der Waals surface area contributed by atoms with E-state index in [9.17, 15) is 4.79 Å². The van der Waals surface area contributed by atoms with Crippen LogP contribution in [-0.2, 0) is 4.79 Å². The Morgan fingerprint density at radius 2 is 1.14 bits per heavy atom. The van der Waals surface area contributed by atoms with Gasteiger partial charge in [0.25, 0.3) is 0 Å². The highest BCUT2D eigenvalue weighted by atomic mass is 16.1. The first-order valence-corrected chi connectivity index (χ1v) is 9.87. The minimum Gasteiger partial charge on any atom is -0.299 e. The fourth-order valence-corrected chi connectivity index (χ4v) is 3.65. The van der Waals surface area contributed by atoms with Gasteiger partial charge in [-0.3, -0.25) is 4.79 Å². The molecule has 1 unspecified atom stereocenters. The number of hydrogen-bond acceptors (Lipinski definition) is 1. The Morgan fingerprint density at radius 1 is 0.714 bits per heavy atom. The number of Topliss-reactive ketones (excluding diaryl/α,β-unsaturated/α-hetero) is 1. The first kappa shape index (κ1) is 18.7. The van der Waals surface area contributed by atoms with Crippen molar-refractivity contribution in [3.05, 3.63) is 0 Å². The highest BCUT2D eigenvalue weighted by Crippen LogP contribution is 2.21. The lowest BCUT2D eigenvalue weighted by atomic mass is 9.89. The highest BCUT2D eigenvalue weighted by Gasteiger charge is 2.16. The molecule has 1 fully saturated rings. The van der Waals surface area contributed by atoms with E-state index >= 15 is 0 Å². The summed E-state index contributed by atoms with van der Waals surface area (Å²) in [6.07, 6.45) is 22.0. The maximum atomic E-state index is 12.4. The monoisotopic (exact) mass is 294 g/mol. The molecule has 0 aliphatic heterocycles. The first-order chi connectivity index (χ1) is 10.3. The molecule has 1 rings (SSSR count). The van der Waals surface area contributed by atoms with Gasteiger partial charge in [0.1, 0.15) is 5.78 Å². The molecule has 0 spiro atoms. The zero-order chi connectivity index (χ0) is 15.2. The molecule has 124 valence electrons. The van der Waals surface area contributed by atoms with Gasteiger partial charge in [-0.05, 0) is 19.3 Å². The minimum atomic E-state index is 0.380. The SMILES string of the molecule is CCCC1CCCCCCCCCCCCCCCC1=O. The van der Waals surface area contributed by atoms with Crippen molar-refractivity contribution in [1.82, 2.24) is 0 Å². The Bertz CT molecular complexity index is 246. The average molecular weight is 295 g/mol. The molecule has 1 aliphatic rings. The van der Waals surface area contributed by atoms with Gasteiger partial charge in [-0.25, -0.2) is 0 Å². The summed E-state index contributed by atoms with van der Waals surface area (Å²) in [4.78, 5) is 12.4. The van der Waals surface area contributed by atoms with E-state index in [1.54, 1.807) is 0 Å². The normalized spacial score (nSPS) is 25.4. The Kier molecular flexibility index (Phi) is 11.9. The molecule has 0 aromatic rings. The fourth-order valence-electron chi connectivity index (χ4n) is 3.65. The summed E-state index contributed by atoms with van der Waals surface area (Å²) in [6, 6.07) is 0. The molecular weight excluding hydrogens is 256 g/mol. The van der Waals surface area contributed by atoms with Gasteiger partial charge in [0, 0.05) is 12.3 Å². The Balaban J connectivity index is 2.32. The van der Waals surface area contributed by atoms with Crippen LogP contribution in [0.1, 0.15) is 116 Å². The smallest absolute Gasteiger partial charge is 0.135 e. The number of ketones is 1. The molecule has 0 bridgehead atoms. The molecule has 0 aromatic carbocycles. The zero-order valence-electron chi connectivity index (χ0n) is 14.5. The molecule has 1 saturated carbocycles. The van der Waals surface area contributed by atoms with Gasteiger partial charge in [-0.2, -0.15) is 0 Å². The second-order valence-electron chi connectivity index (χ2n) is 7.09. The third-order valence-electron chi connectivity index (χ3n) is 5.07. The molecule has 0 heterocycles. The molecule has 1 heteroatoms. The van der Waals surface area contributed by atoms with E-state index in [2.05, 4.69) is 6.92 Å². The van der Waals surface area contributed by atoms with Crippen molar-refractivity contribution in [1.29, 1.82) is 0 Å². The molecule has 1 aliphatic carbocycles. The molecule has 0 aromatic heterocycles. The van der Waals surface area contributed by atoms with Crippen LogP contribution >= 0.6 is 0 Å². The van der Waals surface area contributed by atoms with Crippen LogP contribution in [-0.4, -0.2) is 5.78 Å². The van der Waals surface area contributed by atoms with E-state index in [4.69, 9.17) is 0 Å². The topological polar surface area (TPSA) is 17.1 Å². The summed E-state index contributed by atoms with van der Waals surface area (Å²) < 4.78 is 0. The quantitative estimate of drug-likeness (QED) is 0.545. The van der Waals surface area contributed by atoms with E-state index in [-0.39, 0.29) is 0 Å². The van der Waals surface area contributed by atoms with Crippen molar-refractivity contribution in [3.8, 4) is 0 Å². The van der Waals surface area contributed by atoms with E-state index in [1.807, 2.05) is 0 Å². The van der Waals surface area contributed by atoms with Crippen molar-refractivity contribution >= 4 is 5.78 Å². The lowest BCUT2D eigenvalue weighted by Gasteiger charge is -2.15. The lowest BCUT2D eigenvalue weighted by Crippen LogP contribution is -2.14. The van der Waals surface area contributed by atoms with Gasteiger partial charge in [-0.15, -0.1) is 0 Å². The molecule has 0 amide bonds. The summed E-state index contributed by atoms with van der Waals surface area (Å²) in [7, 11) is 0. The molecule has 0 saturated heterocycles. The largest absolute Gasteiger partial charge is 0.299 e. The minimum absolute atomic E-state index is 0.380. The van der Waals surface area contributed by atoms with Crippen molar-refractivity contribution in [2.24, 2.45) is 5.92 Å². The van der Waals surface area contributed by atoms with Gasteiger partial charge < -0.3 is 0 Å². The van der Waals surface area contributed by atoms with Gasteiger partial charge in [0.2, 0.25) is 0 Å². The average Bonchev–Trinajstić information content (AvgIpc) is 2.49.